The highest BCUT2D eigenvalue weighted by molar-refractivity contribution is 6.52. The molecule has 0 spiro atoms. The van der Waals surface area contributed by atoms with E-state index in [1.807, 2.05) is 0 Å². The molecule has 0 fully saturated rings. The predicted octanol–water partition coefficient (Wildman–Crippen LogP) is -0.800. The fourth-order valence-electron chi connectivity index (χ4n) is 1.49. The monoisotopic (exact) mass is 219 g/mol. The van der Waals surface area contributed by atoms with Crippen molar-refractivity contribution in [2.45, 2.75) is 0 Å². The van der Waals surface area contributed by atoms with Gasteiger partial charge >= 0.3 is 5.91 Å². The Kier molecular flexibility index (Phi) is 2.10. The van der Waals surface area contributed by atoms with E-state index in [4.69, 9.17) is 17.0 Å². The number of ketones is 1. The summed E-state index contributed by atoms with van der Waals surface area (Å²) in [5, 5.41) is 8.64. The smallest absolute Gasteiger partial charge is 0.319 e. The van der Waals surface area contributed by atoms with E-state index in [1.165, 1.54) is 6.07 Å². The van der Waals surface area contributed by atoms with Crippen LogP contribution < -0.4 is 16.6 Å². The van der Waals surface area contributed by atoms with Crippen molar-refractivity contribution in [2.24, 2.45) is 11.6 Å². The van der Waals surface area contributed by atoms with Gasteiger partial charge in [-0.05, 0) is 12.1 Å². The molecule has 7 nitrogen and oxygen atoms in total. The molecule has 0 aliphatic carbocycles. The molecule has 0 saturated heterocycles. The van der Waals surface area contributed by atoms with E-state index in [-0.39, 0.29) is 5.56 Å². The lowest BCUT2D eigenvalue weighted by Crippen LogP contribution is -2.56. The summed E-state index contributed by atoms with van der Waals surface area (Å²) in [6.45, 7) is 0. The van der Waals surface area contributed by atoms with E-state index < -0.39 is 17.6 Å². The Labute approximate surface area is 90.7 Å². The van der Waals surface area contributed by atoms with Gasteiger partial charge in [0.2, 0.25) is 5.96 Å². The van der Waals surface area contributed by atoms with Crippen LogP contribution in [-0.2, 0) is 4.79 Å². The van der Waals surface area contributed by atoms with Crippen LogP contribution in [0.5, 0.6) is 0 Å². The molecule has 82 valence electrons. The van der Waals surface area contributed by atoms with Crippen LogP contribution in [0.2, 0.25) is 0 Å². The van der Waals surface area contributed by atoms with Gasteiger partial charge in [-0.1, -0.05) is 12.1 Å². The maximum atomic E-state index is 11.6. The highest BCUT2D eigenvalue weighted by atomic mass is 16.2. The number of rotatable bonds is 1. The molecular weight excluding hydrogens is 210 g/mol. The molecule has 0 unspecified atom stereocenters. The molecule has 0 atom stereocenters. The van der Waals surface area contributed by atoms with Crippen molar-refractivity contribution >= 4 is 23.3 Å². The minimum absolute atomic E-state index is 0.254. The number of Topliss-reactive ketones (excluding diaryl/α,β-unsaturated/α-hetero) is 1. The molecule has 2 rings (SSSR count). The van der Waals surface area contributed by atoms with Crippen molar-refractivity contribution in [3.63, 3.8) is 0 Å². The number of hydrogen-bond donors (Lipinski definition) is 3. The fourth-order valence-corrected chi connectivity index (χ4v) is 1.49. The second kappa shape index (κ2) is 3.31. The standard InChI is InChI=1S/C9H9N5O2/c10-9(11)14(12)13-6-4-2-1-3-5(6)7(15)8(13)16/h1-4H,12H2,(H3,10,11). The molecule has 1 aromatic carbocycles. The number of carbonyl (C=O) groups is 2. The Morgan fingerprint density at radius 2 is 1.94 bits per heavy atom. The van der Waals surface area contributed by atoms with E-state index >= 15 is 0 Å². The molecule has 16 heavy (non-hydrogen) atoms. The summed E-state index contributed by atoms with van der Waals surface area (Å²) in [5.41, 5.74) is 5.74. The third-order valence-electron chi connectivity index (χ3n) is 2.23. The van der Waals surface area contributed by atoms with Gasteiger partial charge in [-0.3, -0.25) is 15.0 Å². The highest BCUT2D eigenvalue weighted by Gasteiger charge is 2.38. The van der Waals surface area contributed by atoms with E-state index in [9.17, 15) is 9.59 Å². The van der Waals surface area contributed by atoms with Crippen LogP contribution in [0.25, 0.3) is 0 Å². The first-order valence-electron chi connectivity index (χ1n) is 4.40. The number of hydrogen-bond acceptors (Lipinski definition) is 4. The second-order valence-corrected chi connectivity index (χ2v) is 3.19. The minimum atomic E-state index is -0.820. The van der Waals surface area contributed by atoms with Gasteiger partial charge in [-0.15, -0.1) is 0 Å². The van der Waals surface area contributed by atoms with Crippen LogP contribution in [-0.4, -0.2) is 22.8 Å². The molecule has 1 amide bonds. The number of amides is 1. The number of para-hydroxylation sites is 1. The lowest BCUT2D eigenvalue weighted by molar-refractivity contribution is -0.116. The molecule has 0 aromatic heterocycles. The topological polar surface area (TPSA) is 117 Å². The van der Waals surface area contributed by atoms with Crippen LogP contribution in [0.4, 0.5) is 5.69 Å². The molecule has 1 heterocycles. The summed E-state index contributed by atoms with van der Waals surface area (Å²) in [6.07, 6.45) is 0. The number of guanidine groups is 1. The first-order chi connectivity index (χ1) is 7.54. The SMILES string of the molecule is N=C(N)N(N)N1C(=O)C(=O)c2ccccc21. The van der Waals surface area contributed by atoms with Gasteiger partial charge in [0.15, 0.2) is 0 Å². The van der Waals surface area contributed by atoms with E-state index in [2.05, 4.69) is 0 Å². The summed E-state index contributed by atoms with van der Waals surface area (Å²) >= 11 is 0. The number of carbonyl (C=O) groups excluding carboxylic acids is 2. The number of nitrogens with one attached hydrogen (secondary N) is 1. The first kappa shape index (κ1) is 10.1. The Bertz CT molecular complexity index is 498. The number of anilines is 1. The number of nitrogens with two attached hydrogens (primary N) is 2. The van der Waals surface area contributed by atoms with E-state index in [0.29, 0.717) is 10.8 Å². The van der Waals surface area contributed by atoms with Crippen LogP contribution in [0.15, 0.2) is 24.3 Å². The van der Waals surface area contributed by atoms with Crippen LogP contribution >= 0.6 is 0 Å². The molecule has 1 aromatic rings. The summed E-state index contributed by atoms with van der Waals surface area (Å²) in [7, 11) is 0. The van der Waals surface area contributed by atoms with E-state index in [1.54, 1.807) is 18.2 Å². The molecular formula is C9H9N5O2. The van der Waals surface area contributed by atoms with Crippen LogP contribution in [0.3, 0.4) is 0 Å². The molecule has 0 bridgehead atoms. The maximum absolute atomic E-state index is 11.6. The summed E-state index contributed by atoms with van der Waals surface area (Å²) in [4.78, 5) is 23.2. The third-order valence-corrected chi connectivity index (χ3v) is 2.23. The Balaban J connectivity index is 2.53. The molecule has 7 heteroatoms. The molecule has 1 aliphatic rings. The number of hydrazine groups is 2. The zero-order chi connectivity index (χ0) is 11.9. The van der Waals surface area contributed by atoms with Gasteiger partial charge in [-0.25, -0.2) is 5.84 Å². The summed E-state index contributed by atoms with van der Waals surface area (Å²) < 4.78 is 0. The quantitative estimate of drug-likeness (QED) is 0.188. The van der Waals surface area contributed by atoms with Gasteiger partial charge in [0, 0.05) is 0 Å². The maximum Gasteiger partial charge on any atom is 0.319 e. The number of fused-ring (bicyclic) bond motifs is 1. The minimum Gasteiger partial charge on any atom is -0.367 e. The third kappa shape index (κ3) is 1.22. The highest BCUT2D eigenvalue weighted by Crippen LogP contribution is 2.28. The van der Waals surface area contributed by atoms with Gasteiger partial charge in [0.25, 0.3) is 5.78 Å². The lowest BCUT2D eigenvalue weighted by Gasteiger charge is -2.26. The van der Waals surface area contributed by atoms with Crippen molar-refractivity contribution in [3.8, 4) is 0 Å². The van der Waals surface area contributed by atoms with Crippen LogP contribution in [0, 0.1) is 5.41 Å². The molecule has 0 radical (unpaired) electrons. The van der Waals surface area contributed by atoms with Crippen molar-refractivity contribution < 1.29 is 9.59 Å². The normalized spacial score (nSPS) is 13.9. The average molecular weight is 219 g/mol. The lowest BCUT2D eigenvalue weighted by atomic mass is 10.1. The van der Waals surface area contributed by atoms with Crippen molar-refractivity contribution in [1.29, 1.82) is 5.41 Å². The van der Waals surface area contributed by atoms with Gasteiger partial charge in [-0.2, -0.15) is 10.1 Å². The summed E-state index contributed by atoms with van der Waals surface area (Å²) in [6, 6.07) is 6.37. The number of nitrogens with zero attached hydrogens (tertiary/aromatic N) is 2. The molecule has 1 aliphatic heterocycles. The number of benzene rings is 1. The van der Waals surface area contributed by atoms with Crippen molar-refractivity contribution in [2.75, 3.05) is 5.01 Å². The molecule has 5 N–H and O–H groups in total. The molecule has 0 saturated carbocycles. The first-order valence-corrected chi connectivity index (χ1v) is 4.40. The zero-order valence-electron chi connectivity index (χ0n) is 8.18. The van der Waals surface area contributed by atoms with Crippen LogP contribution in [0.1, 0.15) is 10.4 Å². The van der Waals surface area contributed by atoms with Gasteiger partial charge in [0.05, 0.1) is 11.3 Å². The zero-order valence-corrected chi connectivity index (χ0v) is 8.18. The summed E-state index contributed by atoms with van der Waals surface area (Å²) in [5.74, 6) is 3.42. The van der Waals surface area contributed by atoms with E-state index in [0.717, 1.165) is 5.01 Å². The Morgan fingerprint density at radius 3 is 2.56 bits per heavy atom. The van der Waals surface area contributed by atoms with Crippen molar-refractivity contribution in [3.05, 3.63) is 29.8 Å². The Hall–Kier alpha value is -2.41. The van der Waals surface area contributed by atoms with Gasteiger partial charge in [0.1, 0.15) is 0 Å². The fraction of sp³-hybridized carbons (Fsp3) is 0. The Morgan fingerprint density at radius 1 is 1.31 bits per heavy atom. The second-order valence-electron chi connectivity index (χ2n) is 3.19. The largest absolute Gasteiger partial charge is 0.367 e. The predicted molar refractivity (Wildman–Crippen MR) is 56.2 cm³/mol. The van der Waals surface area contributed by atoms with Crippen molar-refractivity contribution in [1.82, 2.24) is 5.12 Å². The van der Waals surface area contributed by atoms with Gasteiger partial charge < -0.3 is 5.73 Å². The average Bonchev–Trinajstić information content (AvgIpc) is 2.52.